The number of carbonyl (C=O) groups is 2. The number of para-hydroxylation sites is 2. The van der Waals surface area contributed by atoms with E-state index in [0.717, 1.165) is 12.8 Å². The molecule has 3 aromatic rings. The van der Waals surface area contributed by atoms with Gasteiger partial charge >= 0.3 is 12.1 Å². The molecule has 0 aromatic heterocycles. The van der Waals surface area contributed by atoms with Crippen LogP contribution in [0.5, 0.6) is 5.75 Å². The third-order valence-corrected chi connectivity index (χ3v) is 4.24. The largest absolute Gasteiger partial charge is 0.462 e. The molecular weight excluding hydrogens is 366 g/mol. The van der Waals surface area contributed by atoms with Crippen LogP contribution < -0.4 is 9.64 Å². The Hall–Kier alpha value is -3.60. The summed E-state index contributed by atoms with van der Waals surface area (Å²) in [7, 11) is 0. The number of esters is 1. The molecule has 0 heterocycles. The van der Waals surface area contributed by atoms with Crippen molar-refractivity contribution in [3.63, 3.8) is 0 Å². The van der Waals surface area contributed by atoms with E-state index in [4.69, 9.17) is 9.47 Å². The van der Waals surface area contributed by atoms with Crippen LogP contribution in [0.15, 0.2) is 84.9 Å². The fourth-order valence-electron chi connectivity index (χ4n) is 2.71. The molecule has 3 rings (SSSR count). The van der Waals surface area contributed by atoms with Crippen LogP contribution in [-0.2, 0) is 4.74 Å². The summed E-state index contributed by atoms with van der Waals surface area (Å²) in [6, 6.07) is 24.9. The van der Waals surface area contributed by atoms with Crippen molar-refractivity contribution in [1.29, 1.82) is 0 Å². The molecule has 0 bridgehead atoms. The van der Waals surface area contributed by atoms with Crippen LogP contribution >= 0.6 is 0 Å². The summed E-state index contributed by atoms with van der Waals surface area (Å²) in [5.41, 5.74) is 1.81. The number of nitrogens with zero attached hydrogens (tertiary/aromatic N) is 1. The van der Waals surface area contributed by atoms with Gasteiger partial charge in [-0.25, -0.2) is 14.5 Å². The number of ether oxygens (including phenoxy) is 2. The minimum absolute atomic E-state index is 0.344. The van der Waals surface area contributed by atoms with Crippen molar-refractivity contribution in [2.24, 2.45) is 0 Å². The van der Waals surface area contributed by atoms with E-state index in [1.165, 1.54) is 4.90 Å². The molecule has 0 spiro atoms. The average Bonchev–Trinajstić information content (AvgIpc) is 2.76. The molecule has 0 saturated carbocycles. The maximum absolute atomic E-state index is 12.9. The Kier molecular flexibility index (Phi) is 7.00. The van der Waals surface area contributed by atoms with Gasteiger partial charge in [0.25, 0.3) is 0 Å². The summed E-state index contributed by atoms with van der Waals surface area (Å²) in [6.07, 6.45) is 1.25. The number of carbonyl (C=O) groups excluding carboxylic acids is 2. The molecule has 0 aliphatic rings. The van der Waals surface area contributed by atoms with Gasteiger partial charge in [0, 0.05) is 0 Å². The molecule has 5 heteroatoms. The highest BCUT2D eigenvalue weighted by Crippen LogP contribution is 2.26. The van der Waals surface area contributed by atoms with Gasteiger partial charge in [0.05, 0.1) is 23.5 Å². The Balaban J connectivity index is 1.74. The van der Waals surface area contributed by atoms with Crippen LogP contribution in [0.4, 0.5) is 16.2 Å². The molecule has 0 atom stereocenters. The van der Waals surface area contributed by atoms with Gasteiger partial charge in [0.15, 0.2) is 0 Å². The Morgan fingerprint density at radius 3 is 1.86 bits per heavy atom. The molecule has 0 aliphatic carbocycles. The Morgan fingerprint density at radius 2 is 1.34 bits per heavy atom. The van der Waals surface area contributed by atoms with Crippen LogP contribution in [0.1, 0.15) is 30.1 Å². The van der Waals surface area contributed by atoms with Crippen molar-refractivity contribution in [3.8, 4) is 5.75 Å². The molecule has 0 saturated heterocycles. The molecule has 148 valence electrons. The number of benzene rings is 3. The zero-order valence-electron chi connectivity index (χ0n) is 16.3. The van der Waals surface area contributed by atoms with Crippen molar-refractivity contribution in [2.75, 3.05) is 11.5 Å². The molecule has 0 aliphatic heterocycles. The third-order valence-electron chi connectivity index (χ3n) is 4.24. The van der Waals surface area contributed by atoms with Crippen molar-refractivity contribution >= 4 is 23.4 Å². The lowest BCUT2D eigenvalue weighted by atomic mass is 10.2. The maximum atomic E-state index is 12.9. The molecular formula is C24H23NO4. The van der Waals surface area contributed by atoms with Gasteiger partial charge in [0.2, 0.25) is 0 Å². The normalized spacial score (nSPS) is 10.2. The fraction of sp³-hybridized carbons (Fsp3) is 0.167. The smallest absolute Gasteiger partial charge is 0.424 e. The van der Waals surface area contributed by atoms with E-state index in [1.54, 1.807) is 24.3 Å². The highest BCUT2D eigenvalue weighted by atomic mass is 16.6. The second-order valence-corrected chi connectivity index (χ2v) is 6.39. The molecule has 0 fully saturated rings. The highest BCUT2D eigenvalue weighted by Gasteiger charge is 2.20. The molecule has 0 N–H and O–H groups in total. The zero-order chi connectivity index (χ0) is 20.5. The third kappa shape index (κ3) is 5.45. The molecule has 1 amide bonds. The predicted molar refractivity (Wildman–Crippen MR) is 113 cm³/mol. The van der Waals surface area contributed by atoms with Gasteiger partial charge in [0.1, 0.15) is 5.75 Å². The van der Waals surface area contributed by atoms with E-state index in [-0.39, 0.29) is 5.97 Å². The van der Waals surface area contributed by atoms with E-state index in [9.17, 15) is 9.59 Å². The van der Waals surface area contributed by atoms with Crippen LogP contribution in [0.25, 0.3) is 0 Å². The summed E-state index contributed by atoms with van der Waals surface area (Å²) in [6.45, 7) is 2.43. The van der Waals surface area contributed by atoms with Crippen LogP contribution in [-0.4, -0.2) is 18.7 Å². The van der Waals surface area contributed by atoms with Gasteiger partial charge in [-0.3, -0.25) is 0 Å². The number of anilines is 2. The fourth-order valence-corrected chi connectivity index (χ4v) is 2.71. The van der Waals surface area contributed by atoms with E-state index < -0.39 is 6.09 Å². The van der Waals surface area contributed by atoms with Gasteiger partial charge in [-0.05, 0) is 55.0 Å². The van der Waals surface area contributed by atoms with Gasteiger partial charge in [-0.15, -0.1) is 0 Å². The first-order valence-electron chi connectivity index (χ1n) is 9.58. The molecule has 29 heavy (non-hydrogen) atoms. The topological polar surface area (TPSA) is 55.8 Å². The minimum atomic E-state index is -0.541. The second kappa shape index (κ2) is 10.1. The van der Waals surface area contributed by atoms with E-state index in [2.05, 4.69) is 0 Å². The van der Waals surface area contributed by atoms with Crippen molar-refractivity contribution in [1.82, 2.24) is 0 Å². The summed E-state index contributed by atoms with van der Waals surface area (Å²) in [4.78, 5) is 26.4. The summed E-state index contributed by atoms with van der Waals surface area (Å²) in [5, 5.41) is 0. The quantitative estimate of drug-likeness (QED) is 0.368. The minimum Gasteiger partial charge on any atom is -0.462 e. The van der Waals surface area contributed by atoms with Gasteiger partial charge in [-0.1, -0.05) is 49.7 Å². The van der Waals surface area contributed by atoms with Gasteiger partial charge < -0.3 is 9.47 Å². The van der Waals surface area contributed by atoms with Crippen LogP contribution in [0, 0.1) is 0 Å². The molecule has 0 radical (unpaired) electrons. The Morgan fingerprint density at radius 1 is 0.793 bits per heavy atom. The lowest BCUT2D eigenvalue weighted by Crippen LogP contribution is -2.29. The zero-order valence-corrected chi connectivity index (χ0v) is 16.3. The molecule has 5 nitrogen and oxygen atoms in total. The first kappa shape index (κ1) is 20.1. The molecule has 3 aromatic carbocycles. The van der Waals surface area contributed by atoms with E-state index in [0.29, 0.717) is 29.3 Å². The average molecular weight is 389 g/mol. The molecule has 0 unspecified atom stereocenters. The number of rotatable bonds is 7. The number of unbranched alkanes of at least 4 members (excludes halogenated alkanes) is 1. The van der Waals surface area contributed by atoms with E-state index in [1.807, 2.05) is 67.6 Å². The van der Waals surface area contributed by atoms with Crippen molar-refractivity contribution in [2.45, 2.75) is 19.8 Å². The van der Waals surface area contributed by atoms with E-state index >= 15 is 0 Å². The lowest BCUT2D eigenvalue weighted by molar-refractivity contribution is 0.0499. The summed E-state index contributed by atoms with van der Waals surface area (Å²) >= 11 is 0. The second-order valence-electron chi connectivity index (χ2n) is 6.39. The summed E-state index contributed by atoms with van der Waals surface area (Å²) in [5.74, 6) is -0.0384. The SMILES string of the molecule is CCCCOC(=O)c1ccc(OC(=O)N(c2ccccc2)c2ccccc2)cc1. The van der Waals surface area contributed by atoms with Crippen molar-refractivity contribution < 1.29 is 19.1 Å². The number of hydrogen-bond acceptors (Lipinski definition) is 4. The first-order valence-corrected chi connectivity index (χ1v) is 9.58. The van der Waals surface area contributed by atoms with Crippen molar-refractivity contribution in [3.05, 3.63) is 90.5 Å². The Bertz CT molecular complexity index is 885. The summed E-state index contributed by atoms with van der Waals surface area (Å²) < 4.78 is 10.7. The number of amides is 1. The standard InChI is InChI=1S/C24H23NO4/c1-2-3-18-28-23(26)19-14-16-22(17-15-19)29-24(27)25(20-10-6-4-7-11-20)21-12-8-5-9-13-21/h4-17H,2-3,18H2,1H3. The lowest BCUT2D eigenvalue weighted by Gasteiger charge is -2.22. The predicted octanol–water partition coefficient (Wildman–Crippen LogP) is 5.98. The maximum Gasteiger partial charge on any atom is 0.424 e. The van der Waals surface area contributed by atoms with Gasteiger partial charge in [-0.2, -0.15) is 0 Å². The van der Waals surface area contributed by atoms with Crippen LogP contribution in [0.3, 0.4) is 0 Å². The number of hydrogen-bond donors (Lipinski definition) is 0. The first-order chi connectivity index (χ1) is 14.2. The highest BCUT2D eigenvalue weighted by molar-refractivity contribution is 5.97. The van der Waals surface area contributed by atoms with Crippen LogP contribution in [0.2, 0.25) is 0 Å². The monoisotopic (exact) mass is 389 g/mol. The Labute approximate surface area is 170 Å².